The third-order valence-electron chi connectivity index (χ3n) is 7.03. The largest absolute Gasteiger partial charge is 0.340 e. The molecule has 1 fully saturated rings. The summed E-state index contributed by atoms with van der Waals surface area (Å²) in [6, 6.07) is 14.1. The molecule has 10 heteroatoms. The van der Waals surface area contributed by atoms with E-state index in [0.717, 1.165) is 17.5 Å². The van der Waals surface area contributed by atoms with Gasteiger partial charge in [0.2, 0.25) is 5.91 Å². The van der Waals surface area contributed by atoms with Gasteiger partial charge >= 0.3 is 0 Å². The van der Waals surface area contributed by atoms with Gasteiger partial charge in [0, 0.05) is 55.3 Å². The van der Waals surface area contributed by atoms with Gasteiger partial charge in [-0.25, -0.2) is 4.39 Å². The average molecular weight is 523 g/mol. The average Bonchev–Trinajstić information content (AvgIpc) is 3.23. The molecule has 2 aromatic carbocycles. The van der Waals surface area contributed by atoms with Crippen LogP contribution in [0.5, 0.6) is 0 Å². The normalized spacial score (nSPS) is 18.2. The lowest BCUT2D eigenvalue weighted by molar-refractivity contribution is -0.384. The Morgan fingerprint density at radius 1 is 1.00 bits per heavy atom. The Hall–Kier alpha value is -3.63. The maximum atomic E-state index is 14.1. The van der Waals surface area contributed by atoms with E-state index in [0.29, 0.717) is 44.7 Å². The molecule has 0 spiro atoms. The van der Waals surface area contributed by atoms with E-state index in [-0.39, 0.29) is 35.9 Å². The van der Waals surface area contributed by atoms with Crippen molar-refractivity contribution in [3.05, 3.63) is 97.5 Å². The zero-order valence-corrected chi connectivity index (χ0v) is 21.0. The number of benzene rings is 2. The lowest BCUT2D eigenvalue weighted by Gasteiger charge is -2.37. The standard InChI is InChI=1S/C27H27FN4O4S/c28-21-4-1-3-20(17-21)26-23-10-16-37-24(23)9-13-31(26)18-25(33)29-11-2-12-30(15-14-29)27(34)19-5-7-22(8-6-19)32(35)36/h1,3-8,10,16-17,26H,2,9,11-15,18H2/t26-/m1/s1. The highest BCUT2D eigenvalue weighted by Crippen LogP contribution is 2.37. The molecule has 0 unspecified atom stereocenters. The zero-order valence-electron chi connectivity index (χ0n) is 20.2. The molecule has 0 aliphatic carbocycles. The Morgan fingerprint density at radius 3 is 2.51 bits per heavy atom. The van der Waals surface area contributed by atoms with Crippen molar-refractivity contribution in [2.75, 3.05) is 39.3 Å². The number of hydrogen-bond acceptors (Lipinski definition) is 6. The third-order valence-corrected chi connectivity index (χ3v) is 8.03. The van der Waals surface area contributed by atoms with Crippen LogP contribution in [0.25, 0.3) is 0 Å². The molecule has 0 saturated carbocycles. The Balaban J connectivity index is 1.25. The molecule has 5 rings (SSSR count). The Kier molecular flexibility index (Phi) is 7.29. The van der Waals surface area contributed by atoms with Crippen LogP contribution < -0.4 is 0 Å². The number of non-ortho nitro benzene ring substituents is 1. The quantitative estimate of drug-likeness (QED) is 0.372. The number of nitrogens with zero attached hydrogens (tertiary/aromatic N) is 4. The summed E-state index contributed by atoms with van der Waals surface area (Å²) >= 11 is 1.70. The first-order chi connectivity index (χ1) is 17.9. The third kappa shape index (κ3) is 5.40. The number of rotatable bonds is 5. The van der Waals surface area contributed by atoms with E-state index < -0.39 is 4.92 Å². The molecule has 3 heterocycles. The van der Waals surface area contributed by atoms with Crippen LogP contribution in [0.1, 0.15) is 38.8 Å². The molecule has 2 aliphatic heterocycles. The number of thiophene rings is 1. The molecule has 3 aromatic rings. The first-order valence-electron chi connectivity index (χ1n) is 12.3. The molecule has 0 radical (unpaired) electrons. The van der Waals surface area contributed by atoms with Gasteiger partial charge in [0.15, 0.2) is 0 Å². The van der Waals surface area contributed by atoms with E-state index in [1.54, 1.807) is 33.3 Å². The monoisotopic (exact) mass is 522 g/mol. The van der Waals surface area contributed by atoms with Gasteiger partial charge in [-0.1, -0.05) is 12.1 Å². The van der Waals surface area contributed by atoms with E-state index >= 15 is 0 Å². The Morgan fingerprint density at radius 2 is 1.76 bits per heavy atom. The molecule has 37 heavy (non-hydrogen) atoms. The Bertz CT molecular complexity index is 1310. The second kappa shape index (κ2) is 10.8. The number of carbonyl (C=O) groups excluding carboxylic acids is 2. The molecule has 1 saturated heterocycles. The smallest absolute Gasteiger partial charge is 0.269 e. The molecular weight excluding hydrogens is 495 g/mol. The summed E-state index contributed by atoms with van der Waals surface area (Å²) < 4.78 is 14.1. The highest BCUT2D eigenvalue weighted by molar-refractivity contribution is 7.10. The summed E-state index contributed by atoms with van der Waals surface area (Å²) in [7, 11) is 0. The number of halogens is 1. The number of hydrogen-bond donors (Lipinski definition) is 0. The van der Waals surface area contributed by atoms with E-state index in [1.165, 1.54) is 35.2 Å². The highest BCUT2D eigenvalue weighted by Gasteiger charge is 2.32. The minimum absolute atomic E-state index is 0.00952. The van der Waals surface area contributed by atoms with Crippen molar-refractivity contribution in [2.24, 2.45) is 0 Å². The summed E-state index contributed by atoms with van der Waals surface area (Å²) in [6.07, 6.45) is 1.50. The van der Waals surface area contributed by atoms with Crippen LogP contribution in [0.15, 0.2) is 60.0 Å². The first kappa shape index (κ1) is 25.0. The van der Waals surface area contributed by atoms with Gasteiger partial charge in [0.25, 0.3) is 11.6 Å². The number of amides is 2. The summed E-state index contributed by atoms with van der Waals surface area (Å²) in [4.78, 5) is 43.6. The van der Waals surface area contributed by atoms with Crippen LogP contribution in [-0.2, 0) is 11.2 Å². The summed E-state index contributed by atoms with van der Waals surface area (Å²) in [5, 5.41) is 12.9. The van der Waals surface area contributed by atoms with Crippen LogP contribution in [0.3, 0.4) is 0 Å². The molecular formula is C27H27FN4O4S. The topological polar surface area (TPSA) is 87.0 Å². The van der Waals surface area contributed by atoms with Crippen LogP contribution >= 0.6 is 11.3 Å². The zero-order chi connectivity index (χ0) is 25.9. The van der Waals surface area contributed by atoms with Crippen molar-refractivity contribution in [2.45, 2.75) is 18.9 Å². The second-order valence-electron chi connectivity index (χ2n) is 9.31. The van der Waals surface area contributed by atoms with Crippen molar-refractivity contribution in [3.8, 4) is 0 Å². The molecule has 1 atom stereocenters. The van der Waals surface area contributed by atoms with Gasteiger partial charge in [0.1, 0.15) is 5.82 Å². The van der Waals surface area contributed by atoms with E-state index in [1.807, 2.05) is 11.4 Å². The van der Waals surface area contributed by atoms with Crippen LogP contribution in [0.2, 0.25) is 0 Å². The predicted octanol–water partition coefficient (Wildman–Crippen LogP) is 4.12. The van der Waals surface area contributed by atoms with Gasteiger partial charge in [-0.2, -0.15) is 0 Å². The van der Waals surface area contributed by atoms with Crippen molar-refractivity contribution >= 4 is 28.8 Å². The number of carbonyl (C=O) groups is 2. The molecule has 192 valence electrons. The van der Waals surface area contributed by atoms with E-state index in [4.69, 9.17) is 0 Å². The van der Waals surface area contributed by atoms with Crippen LogP contribution in [0.4, 0.5) is 10.1 Å². The van der Waals surface area contributed by atoms with Crippen molar-refractivity contribution in [1.82, 2.24) is 14.7 Å². The van der Waals surface area contributed by atoms with Gasteiger partial charge in [-0.15, -0.1) is 11.3 Å². The van der Waals surface area contributed by atoms with E-state index in [9.17, 15) is 24.1 Å². The van der Waals surface area contributed by atoms with Crippen molar-refractivity contribution in [1.29, 1.82) is 0 Å². The highest BCUT2D eigenvalue weighted by atomic mass is 32.1. The summed E-state index contributed by atoms with van der Waals surface area (Å²) in [5.74, 6) is -0.502. The molecule has 2 amide bonds. The minimum atomic E-state index is -0.496. The number of nitro groups is 1. The van der Waals surface area contributed by atoms with Crippen molar-refractivity contribution in [3.63, 3.8) is 0 Å². The number of nitro benzene ring substituents is 1. The maximum absolute atomic E-state index is 14.1. The SMILES string of the molecule is O=C(CN1CCc2sccc2[C@H]1c1cccc(F)c1)N1CCCN(C(=O)c2ccc([N+](=O)[O-])cc2)CC1. The van der Waals surface area contributed by atoms with Gasteiger partial charge in [-0.3, -0.25) is 24.6 Å². The maximum Gasteiger partial charge on any atom is 0.269 e. The fourth-order valence-electron chi connectivity index (χ4n) is 5.16. The van der Waals surface area contributed by atoms with Gasteiger partial charge < -0.3 is 9.80 Å². The fraction of sp³-hybridized carbons (Fsp3) is 0.333. The lowest BCUT2D eigenvalue weighted by atomic mass is 9.93. The summed E-state index contributed by atoms with van der Waals surface area (Å²) in [6.45, 7) is 2.79. The molecule has 2 aliphatic rings. The van der Waals surface area contributed by atoms with Gasteiger partial charge in [-0.05, 0) is 59.7 Å². The van der Waals surface area contributed by atoms with Crippen LogP contribution in [0, 0.1) is 15.9 Å². The minimum Gasteiger partial charge on any atom is -0.340 e. The van der Waals surface area contributed by atoms with Gasteiger partial charge in [0.05, 0.1) is 17.5 Å². The van der Waals surface area contributed by atoms with Crippen molar-refractivity contribution < 1.29 is 18.9 Å². The second-order valence-corrected chi connectivity index (χ2v) is 10.3. The summed E-state index contributed by atoms with van der Waals surface area (Å²) in [5.41, 5.74) is 2.30. The van der Waals surface area contributed by atoms with Crippen LogP contribution in [-0.4, -0.2) is 70.7 Å². The Labute approximate surface area is 218 Å². The lowest BCUT2D eigenvalue weighted by Crippen LogP contribution is -2.45. The number of fused-ring (bicyclic) bond motifs is 1. The fourth-order valence-corrected chi connectivity index (χ4v) is 6.06. The molecule has 1 aromatic heterocycles. The molecule has 8 nitrogen and oxygen atoms in total. The molecule has 0 bridgehead atoms. The first-order valence-corrected chi connectivity index (χ1v) is 13.2. The predicted molar refractivity (Wildman–Crippen MR) is 138 cm³/mol. The van der Waals surface area contributed by atoms with E-state index in [2.05, 4.69) is 11.0 Å². The molecule has 0 N–H and O–H groups in total.